The Hall–Kier alpha value is -0.780. The summed E-state index contributed by atoms with van der Waals surface area (Å²) >= 11 is 0. The Morgan fingerprint density at radius 1 is 1.10 bits per heavy atom. The topological polar surface area (TPSA) is 0 Å². The standard InChI is InChI=1S/C10H16/c1-5-10(4)8-6-7-9(2)3/h5-8H,1-4H3/b8-6?,10-5-. The highest BCUT2D eigenvalue weighted by atomic mass is 13.8. The summed E-state index contributed by atoms with van der Waals surface area (Å²) in [5, 5.41) is 0. The van der Waals surface area contributed by atoms with Gasteiger partial charge in [0.05, 0.1) is 0 Å². The van der Waals surface area contributed by atoms with Gasteiger partial charge in [-0.2, -0.15) is 0 Å². The smallest absolute Gasteiger partial charge is 0.0401 e. The largest absolute Gasteiger partial charge is 0.0847 e. The molecule has 0 aliphatic carbocycles. The predicted octanol–water partition coefficient (Wildman–Crippen LogP) is 3.48. The Morgan fingerprint density at radius 3 is 2.10 bits per heavy atom. The molecule has 0 nitrogen and oxygen atoms in total. The molecule has 0 fully saturated rings. The molecule has 0 radical (unpaired) electrons. The second kappa shape index (κ2) is 5.04. The summed E-state index contributed by atoms with van der Waals surface area (Å²) < 4.78 is 0. The van der Waals surface area contributed by atoms with Crippen molar-refractivity contribution in [3.63, 3.8) is 0 Å². The first-order valence-electron chi connectivity index (χ1n) is 3.61. The van der Waals surface area contributed by atoms with Gasteiger partial charge >= 0.3 is 0 Å². The van der Waals surface area contributed by atoms with Crippen LogP contribution in [0.3, 0.4) is 0 Å². The van der Waals surface area contributed by atoms with E-state index in [1.54, 1.807) is 0 Å². The van der Waals surface area contributed by atoms with E-state index < -0.39 is 0 Å². The van der Waals surface area contributed by atoms with Crippen molar-refractivity contribution in [2.75, 3.05) is 0 Å². The molecule has 56 valence electrons. The van der Waals surface area contributed by atoms with E-state index in [9.17, 15) is 0 Å². The molecular weight excluding hydrogens is 120 g/mol. The van der Waals surface area contributed by atoms with Gasteiger partial charge in [-0.3, -0.25) is 0 Å². The zero-order chi connectivity index (χ0) is 7.98. The van der Waals surface area contributed by atoms with Gasteiger partial charge in [-0.05, 0) is 27.7 Å². The van der Waals surface area contributed by atoms with Crippen molar-refractivity contribution in [1.29, 1.82) is 0 Å². The van der Waals surface area contributed by atoms with Gasteiger partial charge in [0.25, 0.3) is 0 Å². The Morgan fingerprint density at radius 2 is 1.70 bits per heavy atom. The number of allylic oxidation sites excluding steroid dienone is 6. The summed E-state index contributed by atoms with van der Waals surface area (Å²) in [5.41, 5.74) is 2.64. The lowest BCUT2D eigenvalue weighted by molar-refractivity contribution is 1.39. The van der Waals surface area contributed by atoms with Gasteiger partial charge in [-0.1, -0.05) is 35.5 Å². The fourth-order valence-corrected chi connectivity index (χ4v) is 0.489. The number of rotatable bonds is 2. The lowest BCUT2D eigenvalue weighted by Gasteiger charge is -1.85. The summed E-state index contributed by atoms with van der Waals surface area (Å²) in [6.07, 6.45) is 8.38. The molecule has 0 amide bonds. The maximum atomic E-state index is 2.10. The van der Waals surface area contributed by atoms with Gasteiger partial charge < -0.3 is 0 Å². The predicted molar refractivity (Wildman–Crippen MR) is 48.0 cm³/mol. The van der Waals surface area contributed by atoms with Crippen molar-refractivity contribution in [2.24, 2.45) is 0 Å². The Labute approximate surface area is 64.0 Å². The highest BCUT2D eigenvalue weighted by Gasteiger charge is 1.74. The Kier molecular flexibility index (Phi) is 4.65. The molecule has 0 saturated heterocycles. The molecule has 0 aliphatic rings. The molecule has 0 spiro atoms. The van der Waals surface area contributed by atoms with E-state index >= 15 is 0 Å². The summed E-state index contributed by atoms with van der Waals surface area (Å²) in [7, 11) is 0. The van der Waals surface area contributed by atoms with E-state index in [-0.39, 0.29) is 0 Å². The van der Waals surface area contributed by atoms with Gasteiger partial charge in [0.15, 0.2) is 0 Å². The average Bonchev–Trinajstić information content (AvgIpc) is 1.87. The van der Waals surface area contributed by atoms with Crippen LogP contribution in [0.25, 0.3) is 0 Å². The molecule has 0 aromatic carbocycles. The van der Waals surface area contributed by atoms with E-state index in [1.807, 2.05) is 6.92 Å². The molecule has 0 unspecified atom stereocenters. The van der Waals surface area contributed by atoms with Gasteiger partial charge in [0.2, 0.25) is 0 Å². The van der Waals surface area contributed by atoms with E-state index in [2.05, 4.69) is 45.1 Å². The van der Waals surface area contributed by atoms with E-state index in [0.717, 1.165) is 0 Å². The Balaban J connectivity index is 3.90. The molecule has 0 atom stereocenters. The van der Waals surface area contributed by atoms with Crippen molar-refractivity contribution in [3.8, 4) is 0 Å². The third-order valence-electron chi connectivity index (χ3n) is 1.24. The molecule has 0 rings (SSSR count). The zero-order valence-electron chi connectivity index (χ0n) is 7.31. The number of hydrogen-bond acceptors (Lipinski definition) is 0. The molecule has 0 aromatic heterocycles. The molecule has 10 heavy (non-hydrogen) atoms. The van der Waals surface area contributed by atoms with Gasteiger partial charge in [-0.15, -0.1) is 0 Å². The van der Waals surface area contributed by atoms with E-state index in [1.165, 1.54) is 11.1 Å². The normalized spacial score (nSPS) is 12.2. The summed E-state index contributed by atoms with van der Waals surface area (Å²) in [6, 6.07) is 0. The third-order valence-corrected chi connectivity index (χ3v) is 1.24. The van der Waals surface area contributed by atoms with Crippen molar-refractivity contribution in [2.45, 2.75) is 27.7 Å². The molecular formula is C10H16. The van der Waals surface area contributed by atoms with Crippen LogP contribution in [0.15, 0.2) is 35.5 Å². The van der Waals surface area contributed by atoms with Crippen LogP contribution in [0.1, 0.15) is 27.7 Å². The van der Waals surface area contributed by atoms with Crippen LogP contribution < -0.4 is 0 Å². The first-order valence-corrected chi connectivity index (χ1v) is 3.61. The average molecular weight is 136 g/mol. The Bertz CT molecular complexity index is 164. The van der Waals surface area contributed by atoms with E-state index in [4.69, 9.17) is 0 Å². The molecule has 0 N–H and O–H groups in total. The highest BCUT2D eigenvalue weighted by Crippen LogP contribution is 1.95. The van der Waals surface area contributed by atoms with Crippen LogP contribution in [0, 0.1) is 0 Å². The molecule has 0 heterocycles. The van der Waals surface area contributed by atoms with Crippen LogP contribution in [0.5, 0.6) is 0 Å². The second-order valence-corrected chi connectivity index (χ2v) is 2.64. The van der Waals surface area contributed by atoms with Crippen LogP contribution in [-0.4, -0.2) is 0 Å². The van der Waals surface area contributed by atoms with Crippen molar-refractivity contribution in [3.05, 3.63) is 35.5 Å². The molecule has 0 aliphatic heterocycles. The molecule has 0 bridgehead atoms. The highest BCUT2D eigenvalue weighted by molar-refractivity contribution is 5.20. The maximum Gasteiger partial charge on any atom is -0.0401 e. The van der Waals surface area contributed by atoms with E-state index in [0.29, 0.717) is 0 Å². The summed E-state index contributed by atoms with van der Waals surface area (Å²) in [5.74, 6) is 0. The SMILES string of the molecule is C/C=C(/C)C=CC=C(C)C. The van der Waals surface area contributed by atoms with Gasteiger partial charge in [-0.25, -0.2) is 0 Å². The maximum absolute atomic E-state index is 2.10. The van der Waals surface area contributed by atoms with Crippen LogP contribution in [-0.2, 0) is 0 Å². The van der Waals surface area contributed by atoms with Crippen LogP contribution in [0.2, 0.25) is 0 Å². The zero-order valence-corrected chi connectivity index (χ0v) is 7.31. The quantitative estimate of drug-likeness (QED) is 0.510. The lowest BCUT2D eigenvalue weighted by Crippen LogP contribution is -1.64. The third kappa shape index (κ3) is 5.36. The minimum Gasteiger partial charge on any atom is -0.0847 e. The first-order chi connectivity index (χ1) is 4.66. The van der Waals surface area contributed by atoms with Crippen molar-refractivity contribution >= 4 is 0 Å². The van der Waals surface area contributed by atoms with Crippen molar-refractivity contribution in [1.82, 2.24) is 0 Å². The van der Waals surface area contributed by atoms with Crippen molar-refractivity contribution < 1.29 is 0 Å². The van der Waals surface area contributed by atoms with Gasteiger partial charge in [0, 0.05) is 0 Å². The summed E-state index contributed by atoms with van der Waals surface area (Å²) in [4.78, 5) is 0. The minimum absolute atomic E-state index is 1.30. The molecule has 0 aromatic rings. The minimum atomic E-state index is 1.30. The monoisotopic (exact) mass is 136 g/mol. The fraction of sp³-hybridized carbons (Fsp3) is 0.400. The fourth-order valence-electron chi connectivity index (χ4n) is 0.489. The first kappa shape index (κ1) is 9.22. The number of hydrogen-bond donors (Lipinski definition) is 0. The van der Waals surface area contributed by atoms with Gasteiger partial charge in [0.1, 0.15) is 0 Å². The second-order valence-electron chi connectivity index (χ2n) is 2.64. The summed E-state index contributed by atoms with van der Waals surface area (Å²) in [6.45, 7) is 8.32. The van der Waals surface area contributed by atoms with Crippen LogP contribution >= 0.6 is 0 Å². The molecule has 0 heteroatoms. The van der Waals surface area contributed by atoms with Crippen LogP contribution in [0.4, 0.5) is 0 Å². The lowest BCUT2D eigenvalue weighted by atomic mass is 10.2. The molecule has 0 saturated carbocycles.